The summed E-state index contributed by atoms with van der Waals surface area (Å²) in [5, 5.41) is 3.25. The maximum Gasteiger partial charge on any atom is 0.0143 e. The van der Waals surface area contributed by atoms with Gasteiger partial charge in [-0.1, -0.05) is 53.5 Å². The molecule has 0 aromatic heterocycles. The van der Waals surface area contributed by atoms with Crippen LogP contribution < -0.4 is 5.32 Å². The molecule has 0 aromatic carbocycles. The summed E-state index contributed by atoms with van der Waals surface area (Å²) in [4.78, 5) is 0. The summed E-state index contributed by atoms with van der Waals surface area (Å²) in [6.45, 7) is 11.5. The van der Waals surface area contributed by atoms with Crippen LogP contribution in [0.5, 0.6) is 0 Å². The molecule has 0 amide bonds. The van der Waals surface area contributed by atoms with Gasteiger partial charge in [-0.2, -0.15) is 0 Å². The van der Waals surface area contributed by atoms with E-state index in [1.54, 1.807) is 0 Å². The fourth-order valence-corrected chi connectivity index (χ4v) is 1.33. The molecule has 0 unspecified atom stereocenters. The van der Waals surface area contributed by atoms with Gasteiger partial charge in [-0.05, 0) is 19.3 Å². The van der Waals surface area contributed by atoms with Crippen LogP contribution >= 0.6 is 0 Å². The molecule has 0 bridgehead atoms. The van der Waals surface area contributed by atoms with Crippen LogP contribution in [-0.4, -0.2) is 6.54 Å². The van der Waals surface area contributed by atoms with Gasteiger partial charge in [-0.3, -0.25) is 0 Å². The van der Waals surface area contributed by atoms with E-state index in [4.69, 9.17) is 0 Å². The topological polar surface area (TPSA) is 12.0 Å². The maximum atomic E-state index is 3.80. The Kier molecular flexibility index (Phi) is 12.1. The van der Waals surface area contributed by atoms with Gasteiger partial charge in [-0.15, -0.1) is 0 Å². The van der Waals surface area contributed by atoms with E-state index in [2.05, 4.69) is 25.7 Å². The number of unbranched alkanes of at least 4 members (excludes halogenated alkanes) is 3. The highest BCUT2D eigenvalue weighted by Gasteiger charge is 1.94. The molecule has 0 aliphatic carbocycles. The van der Waals surface area contributed by atoms with Gasteiger partial charge in [0.05, 0.1) is 0 Å². The smallest absolute Gasteiger partial charge is 0.0143 e. The van der Waals surface area contributed by atoms with Crippen molar-refractivity contribution in [2.24, 2.45) is 5.92 Å². The van der Waals surface area contributed by atoms with Crippen LogP contribution in [0.3, 0.4) is 0 Å². The Labute approximate surface area is 91.0 Å². The molecule has 0 aliphatic heterocycles. The summed E-state index contributed by atoms with van der Waals surface area (Å²) >= 11 is 0. The van der Waals surface area contributed by atoms with Crippen LogP contribution in [0, 0.1) is 5.92 Å². The molecular formula is C13H29N. The monoisotopic (exact) mass is 199 g/mol. The minimum Gasteiger partial charge on any atom is -0.389 e. The number of hydrogen-bond donors (Lipinski definition) is 1. The first-order chi connectivity index (χ1) is 6.13. The van der Waals surface area contributed by atoms with Crippen molar-refractivity contribution in [1.29, 1.82) is 0 Å². The highest BCUT2D eigenvalue weighted by molar-refractivity contribution is 4.83. The third-order valence-electron chi connectivity index (χ3n) is 2.14. The zero-order valence-corrected chi connectivity index (χ0v) is 9.53. The highest BCUT2D eigenvalue weighted by Crippen LogP contribution is 2.08. The van der Waals surface area contributed by atoms with Gasteiger partial charge in [0.15, 0.2) is 0 Å². The molecule has 0 atom stereocenters. The second-order valence-corrected chi connectivity index (χ2v) is 4.30. The van der Waals surface area contributed by atoms with Gasteiger partial charge in [0.2, 0.25) is 0 Å². The summed E-state index contributed by atoms with van der Waals surface area (Å²) in [6, 6.07) is 0. The van der Waals surface area contributed by atoms with E-state index in [-0.39, 0.29) is 7.43 Å². The lowest BCUT2D eigenvalue weighted by Gasteiger charge is -2.05. The SMILES string of the molecule is C.C=C(C)NCCCCCCC(C)C. The van der Waals surface area contributed by atoms with E-state index in [0.717, 1.165) is 18.2 Å². The first-order valence-corrected chi connectivity index (χ1v) is 5.52. The van der Waals surface area contributed by atoms with Gasteiger partial charge in [0.25, 0.3) is 0 Å². The average Bonchev–Trinajstić information content (AvgIpc) is 2.01. The van der Waals surface area contributed by atoms with E-state index in [9.17, 15) is 0 Å². The van der Waals surface area contributed by atoms with Crippen molar-refractivity contribution in [1.82, 2.24) is 5.32 Å². The van der Waals surface area contributed by atoms with E-state index >= 15 is 0 Å². The Morgan fingerprint density at radius 2 is 1.71 bits per heavy atom. The molecule has 0 rings (SSSR count). The molecule has 0 radical (unpaired) electrons. The lowest BCUT2D eigenvalue weighted by Crippen LogP contribution is -2.11. The minimum atomic E-state index is 0. The summed E-state index contributed by atoms with van der Waals surface area (Å²) < 4.78 is 0. The van der Waals surface area contributed by atoms with Crippen molar-refractivity contribution in [2.45, 2.75) is 60.3 Å². The average molecular weight is 199 g/mol. The Bertz CT molecular complexity index is 127. The predicted molar refractivity (Wildman–Crippen MR) is 67.5 cm³/mol. The third-order valence-corrected chi connectivity index (χ3v) is 2.14. The fraction of sp³-hybridized carbons (Fsp3) is 0.846. The van der Waals surface area contributed by atoms with Gasteiger partial charge in [-0.25, -0.2) is 0 Å². The number of rotatable bonds is 8. The summed E-state index contributed by atoms with van der Waals surface area (Å²) in [5.41, 5.74) is 1.09. The number of allylic oxidation sites excluding steroid dienone is 1. The van der Waals surface area contributed by atoms with Crippen molar-refractivity contribution in [3.05, 3.63) is 12.3 Å². The molecule has 14 heavy (non-hydrogen) atoms. The van der Waals surface area contributed by atoms with Gasteiger partial charge in [0.1, 0.15) is 0 Å². The fourth-order valence-electron chi connectivity index (χ4n) is 1.33. The second-order valence-electron chi connectivity index (χ2n) is 4.30. The summed E-state index contributed by atoms with van der Waals surface area (Å²) in [6.07, 6.45) is 6.80. The van der Waals surface area contributed by atoms with Crippen molar-refractivity contribution in [3.8, 4) is 0 Å². The number of nitrogens with one attached hydrogen (secondary N) is 1. The Morgan fingerprint density at radius 1 is 1.14 bits per heavy atom. The van der Waals surface area contributed by atoms with Crippen molar-refractivity contribution in [2.75, 3.05) is 6.54 Å². The Morgan fingerprint density at radius 3 is 2.21 bits per heavy atom. The molecule has 86 valence electrons. The van der Waals surface area contributed by atoms with Gasteiger partial charge in [0, 0.05) is 12.2 Å². The molecular weight excluding hydrogens is 170 g/mol. The molecule has 0 saturated heterocycles. The lowest BCUT2D eigenvalue weighted by molar-refractivity contribution is 0.517. The molecule has 1 nitrogen and oxygen atoms in total. The zero-order chi connectivity index (χ0) is 10.1. The lowest BCUT2D eigenvalue weighted by atomic mass is 10.0. The summed E-state index contributed by atoms with van der Waals surface area (Å²) in [7, 11) is 0. The number of hydrogen-bond acceptors (Lipinski definition) is 1. The molecule has 0 aromatic rings. The third kappa shape index (κ3) is 14.1. The minimum absolute atomic E-state index is 0. The van der Waals surface area contributed by atoms with Crippen molar-refractivity contribution >= 4 is 0 Å². The standard InChI is InChI=1S/C12H25N.CH4/c1-11(2)9-7-5-6-8-10-13-12(3)4;/h11,13H,3,5-10H2,1-2,4H3;1H4. The van der Waals surface area contributed by atoms with E-state index in [0.29, 0.717) is 0 Å². The van der Waals surface area contributed by atoms with E-state index in [1.165, 1.54) is 32.1 Å². The van der Waals surface area contributed by atoms with Crippen LogP contribution in [-0.2, 0) is 0 Å². The van der Waals surface area contributed by atoms with Crippen LogP contribution in [0.4, 0.5) is 0 Å². The first kappa shape index (κ1) is 16.0. The molecule has 0 spiro atoms. The first-order valence-electron chi connectivity index (χ1n) is 5.52. The second kappa shape index (κ2) is 10.6. The molecule has 1 N–H and O–H groups in total. The van der Waals surface area contributed by atoms with Gasteiger partial charge >= 0.3 is 0 Å². The van der Waals surface area contributed by atoms with Gasteiger partial charge < -0.3 is 5.32 Å². The van der Waals surface area contributed by atoms with Crippen molar-refractivity contribution in [3.63, 3.8) is 0 Å². The molecule has 1 heteroatoms. The molecule has 0 saturated carbocycles. The van der Waals surface area contributed by atoms with E-state index < -0.39 is 0 Å². The zero-order valence-electron chi connectivity index (χ0n) is 9.53. The van der Waals surface area contributed by atoms with E-state index in [1.807, 2.05) is 6.92 Å². The van der Waals surface area contributed by atoms with Crippen molar-refractivity contribution < 1.29 is 0 Å². The quantitative estimate of drug-likeness (QED) is 0.573. The highest BCUT2D eigenvalue weighted by atomic mass is 14.9. The molecule has 0 heterocycles. The van der Waals surface area contributed by atoms with Crippen LogP contribution in [0.1, 0.15) is 60.3 Å². The van der Waals surface area contributed by atoms with Crippen LogP contribution in [0.2, 0.25) is 0 Å². The van der Waals surface area contributed by atoms with Crippen LogP contribution in [0.25, 0.3) is 0 Å². The maximum absolute atomic E-state index is 3.80. The predicted octanol–water partition coefficient (Wildman–Crippen LogP) is 4.35. The Hall–Kier alpha value is -0.460. The summed E-state index contributed by atoms with van der Waals surface area (Å²) in [5.74, 6) is 0.869. The largest absolute Gasteiger partial charge is 0.389 e. The molecule has 0 fully saturated rings. The Balaban J connectivity index is 0. The normalized spacial score (nSPS) is 9.71. The van der Waals surface area contributed by atoms with Crippen LogP contribution in [0.15, 0.2) is 12.3 Å². The molecule has 0 aliphatic rings.